The van der Waals surface area contributed by atoms with E-state index in [1.165, 1.54) is 11.8 Å². The van der Waals surface area contributed by atoms with E-state index in [0.717, 1.165) is 21.1 Å². The van der Waals surface area contributed by atoms with Crippen LogP contribution >= 0.6 is 27.7 Å². The van der Waals surface area contributed by atoms with Gasteiger partial charge < -0.3 is 9.73 Å². The zero-order valence-corrected chi connectivity index (χ0v) is 17.7. The topological polar surface area (TPSA) is 73.0 Å². The molecular formula is C21H17BrN4O2S. The molecule has 0 bridgehead atoms. The molecule has 4 rings (SSSR count). The Morgan fingerprint density at radius 1 is 1.21 bits per heavy atom. The van der Waals surface area contributed by atoms with Crippen LogP contribution < -0.4 is 5.32 Å². The van der Waals surface area contributed by atoms with Gasteiger partial charge >= 0.3 is 0 Å². The predicted octanol–water partition coefficient (Wildman–Crippen LogP) is 5.37. The van der Waals surface area contributed by atoms with Gasteiger partial charge in [-0.15, -0.1) is 16.8 Å². The molecular weight excluding hydrogens is 452 g/mol. The van der Waals surface area contributed by atoms with Crippen LogP contribution in [-0.2, 0) is 11.3 Å². The number of amides is 1. The summed E-state index contributed by atoms with van der Waals surface area (Å²) in [5, 5.41) is 13.0. The molecule has 6 nitrogen and oxygen atoms in total. The normalized spacial score (nSPS) is 10.9. The molecule has 8 heteroatoms. The van der Waals surface area contributed by atoms with Crippen molar-refractivity contribution in [2.24, 2.45) is 0 Å². The number of thioether (sulfide) groups is 1. The lowest BCUT2D eigenvalue weighted by atomic mass is 10.2. The summed E-state index contributed by atoms with van der Waals surface area (Å²) in [7, 11) is 0. The van der Waals surface area contributed by atoms with E-state index in [1.54, 1.807) is 6.08 Å². The Balaban J connectivity index is 1.52. The van der Waals surface area contributed by atoms with Crippen molar-refractivity contribution in [1.29, 1.82) is 0 Å². The lowest BCUT2D eigenvalue weighted by molar-refractivity contribution is -0.113. The highest BCUT2D eigenvalue weighted by Gasteiger charge is 2.18. The van der Waals surface area contributed by atoms with Gasteiger partial charge in [-0.25, -0.2) is 0 Å². The number of allylic oxidation sites excluding steroid dienone is 1. The second-order valence-corrected chi connectivity index (χ2v) is 8.06. The number of anilines is 1. The maximum Gasteiger partial charge on any atom is 0.234 e. The standard InChI is InChI=1S/C21H17BrN4O2S/c1-2-10-26-20(18-11-14-6-3-4-9-17(14)28-18)24-25-21(26)29-13-19(27)23-16-8-5-7-15(22)12-16/h2-9,11-12H,1,10,13H2,(H,23,27). The van der Waals surface area contributed by atoms with Crippen molar-refractivity contribution in [3.05, 3.63) is 71.7 Å². The maximum atomic E-state index is 12.3. The zero-order valence-electron chi connectivity index (χ0n) is 15.3. The van der Waals surface area contributed by atoms with Crippen LogP contribution in [0.1, 0.15) is 0 Å². The Kier molecular flexibility index (Phi) is 5.82. The van der Waals surface area contributed by atoms with Gasteiger partial charge in [0.25, 0.3) is 0 Å². The van der Waals surface area contributed by atoms with Gasteiger partial charge in [0.2, 0.25) is 11.7 Å². The summed E-state index contributed by atoms with van der Waals surface area (Å²) >= 11 is 4.71. The number of benzene rings is 2. The quantitative estimate of drug-likeness (QED) is 0.291. The molecule has 2 aromatic carbocycles. The molecule has 0 aliphatic carbocycles. The van der Waals surface area contributed by atoms with E-state index in [2.05, 4.69) is 38.0 Å². The summed E-state index contributed by atoms with van der Waals surface area (Å²) in [6, 6.07) is 17.2. The van der Waals surface area contributed by atoms with Gasteiger partial charge in [-0.3, -0.25) is 9.36 Å². The Morgan fingerprint density at radius 2 is 2.07 bits per heavy atom. The lowest BCUT2D eigenvalue weighted by Gasteiger charge is -2.07. The minimum Gasteiger partial charge on any atom is -0.453 e. The molecule has 0 aliphatic heterocycles. The summed E-state index contributed by atoms with van der Waals surface area (Å²) in [6.45, 7) is 4.32. The highest BCUT2D eigenvalue weighted by molar-refractivity contribution is 9.10. The predicted molar refractivity (Wildman–Crippen MR) is 119 cm³/mol. The van der Waals surface area contributed by atoms with Crippen molar-refractivity contribution < 1.29 is 9.21 Å². The molecule has 1 amide bonds. The van der Waals surface area contributed by atoms with Crippen molar-refractivity contribution in [3.8, 4) is 11.6 Å². The first-order valence-electron chi connectivity index (χ1n) is 8.85. The molecule has 1 N–H and O–H groups in total. The van der Waals surface area contributed by atoms with Crippen molar-refractivity contribution >= 4 is 50.3 Å². The molecule has 4 aromatic rings. The minimum absolute atomic E-state index is 0.119. The van der Waals surface area contributed by atoms with E-state index in [4.69, 9.17) is 4.42 Å². The van der Waals surface area contributed by atoms with Crippen molar-refractivity contribution in [2.75, 3.05) is 11.1 Å². The van der Waals surface area contributed by atoms with Crippen LogP contribution in [0.4, 0.5) is 5.69 Å². The zero-order chi connectivity index (χ0) is 20.2. The summed E-state index contributed by atoms with van der Waals surface area (Å²) in [5.41, 5.74) is 1.53. The smallest absolute Gasteiger partial charge is 0.234 e. The van der Waals surface area contributed by atoms with Crippen LogP contribution in [0.2, 0.25) is 0 Å². The number of furan rings is 1. The molecule has 0 saturated carbocycles. The molecule has 2 heterocycles. The Labute approximate surface area is 180 Å². The monoisotopic (exact) mass is 468 g/mol. The van der Waals surface area contributed by atoms with Gasteiger partial charge in [0.1, 0.15) is 5.58 Å². The van der Waals surface area contributed by atoms with Gasteiger partial charge in [0, 0.05) is 22.1 Å². The first-order chi connectivity index (χ1) is 14.1. The number of hydrogen-bond donors (Lipinski definition) is 1. The van der Waals surface area contributed by atoms with Gasteiger partial charge in [0.15, 0.2) is 10.9 Å². The number of halogens is 1. The van der Waals surface area contributed by atoms with Gasteiger partial charge in [-0.1, -0.05) is 58.0 Å². The average molecular weight is 469 g/mol. The summed E-state index contributed by atoms with van der Waals surface area (Å²) in [5.74, 6) is 1.33. The van der Waals surface area contributed by atoms with E-state index in [1.807, 2.05) is 59.2 Å². The number of para-hydroxylation sites is 1. The van der Waals surface area contributed by atoms with Crippen LogP contribution in [0.15, 0.2) is 81.3 Å². The van der Waals surface area contributed by atoms with Gasteiger partial charge in [-0.05, 0) is 30.3 Å². The van der Waals surface area contributed by atoms with Crippen LogP contribution in [0.3, 0.4) is 0 Å². The molecule has 0 unspecified atom stereocenters. The number of hydrogen-bond acceptors (Lipinski definition) is 5. The number of carbonyl (C=O) groups excluding carboxylic acids is 1. The maximum absolute atomic E-state index is 12.3. The van der Waals surface area contributed by atoms with E-state index < -0.39 is 0 Å². The third kappa shape index (κ3) is 4.44. The average Bonchev–Trinajstić information content (AvgIpc) is 3.30. The second kappa shape index (κ2) is 8.67. The van der Waals surface area contributed by atoms with Crippen LogP contribution in [0.5, 0.6) is 0 Å². The molecule has 0 fully saturated rings. The molecule has 146 valence electrons. The van der Waals surface area contributed by atoms with Gasteiger partial charge in [0.05, 0.1) is 5.75 Å². The van der Waals surface area contributed by atoms with Crippen LogP contribution in [-0.4, -0.2) is 26.4 Å². The Morgan fingerprint density at radius 3 is 2.86 bits per heavy atom. The Bertz CT molecular complexity index is 1150. The molecule has 0 radical (unpaired) electrons. The number of fused-ring (bicyclic) bond motifs is 1. The molecule has 0 aliphatic rings. The van der Waals surface area contributed by atoms with Crippen molar-refractivity contribution in [2.45, 2.75) is 11.7 Å². The number of nitrogens with one attached hydrogen (secondary N) is 1. The number of rotatable bonds is 7. The van der Waals surface area contributed by atoms with E-state index >= 15 is 0 Å². The van der Waals surface area contributed by atoms with Crippen LogP contribution in [0, 0.1) is 0 Å². The number of aromatic nitrogens is 3. The van der Waals surface area contributed by atoms with E-state index in [9.17, 15) is 4.79 Å². The van der Waals surface area contributed by atoms with Crippen molar-refractivity contribution in [1.82, 2.24) is 14.8 Å². The fourth-order valence-corrected chi connectivity index (χ4v) is 4.00. The first-order valence-corrected chi connectivity index (χ1v) is 10.6. The molecule has 2 aromatic heterocycles. The third-order valence-electron chi connectivity index (χ3n) is 4.12. The van der Waals surface area contributed by atoms with E-state index in [-0.39, 0.29) is 11.7 Å². The molecule has 0 saturated heterocycles. The summed E-state index contributed by atoms with van der Waals surface area (Å²) < 4.78 is 8.72. The highest BCUT2D eigenvalue weighted by Crippen LogP contribution is 2.29. The Hall–Kier alpha value is -2.84. The fraction of sp³-hybridized carbons (Fsp3) is 0.0952. The molecule has 0 atom stereocenters. The third-order valence-corrected chi connectivity index (χ3v) is 5.58. The highest BCUT2D eigenvalue weighted by atomic mass is 79.9. The largest absolute Gasteiger partial charge is 0.453 e. The fourth-order valence-electron chi connectivity index (χ4n) is 2.86. The SMILES string of the molecule is C=CCn1c(SCC(=O)Nc2cccc(Br)c2)nnc1-c1cc2ccccc2o1. The summed E-state index contributed by atoms with van der Waals surface area (Å²) in [6.07, 6.45) is 1.77. The second-order valence-electron chi connectivity index (χ2n) is 6.20. The first kappa shape index (κ1) is 19.5. The minimum atomic E-state index is -0.119. The molecule has 0 spiro atoms. The summed E-state index contributed by atoms with van der Waals surface area (Å²) in [4.78, 5) is 12.3. The number of nitrogens with zero attached hydrogens (tertiary/aromatic N) is 3. The number of carbonyl (C=O) groups is 1. The van der Waals surface area contributed by atoms with E-state index in [0.29, 0.717) is 23.3 Å². The van der Waals surface area contributed by atoms with Crippen molar-refractivity contribution in [3.63, 3.8) is 0 Å². The van der Waals surface area contributed by atoms with Gasteiger partial charge in [-0.2, -0.15) is 0 Å². The van der Waals surface area contributed by atoms with Crippen LogP contribution in [0.25, 0.3) is 22.6 Å². The molecule has 29 heavy (non-hydrogen) atoms. The lowest BCUT2D eigenvalue weighted by Crippen LogP contribution is -2.14.